The number of hydrogen-bond acceptors (Lipinski definition) is 8. The molecule has 0 aliphatic carbocycles. The minimum atomic E-state index is -0.975. The molecule has 0 bridgehead atoms. The van der Waals surface area contributed by atoms with Crippen LogP contribution in [-0.4, -0.2) is 68.9 Å². The number of aromatic nitrogens is 3. The Labute approximate surface area is 226 Å². The van der Waals surface area contributed by atoms with Crippen LogP contribution in [0.5, 0.6) is 0 Å². The van der Waals surface area contributed by atoms with Crippen molar-refractivity contribution in [1.29, 1.82) is 0 Å². The third kappa shape index (κ3) is 5.01. The second-order valence-corrected chi connectivity index (χ2v) is 11.1. The fourth-order valence-corrected chi connectivity index (χ4v) is 5.49. The minimum absolute atomic E-state index is 0.0920. The van der Waals surface area contributed by atoms with E-state index in [1.165, 1.54) is 22.6 Å². The van der Waals surface area contributed by atoms with E-state index < -0.39 is 23.6 Å². The van der Waals surface area contributed by atoms with Crippen molar-refractivity contribution in [3.63, 3.8) is 0 Å². The van der Waals surface area contributed by atoms with Crippen LogP contribution in [0.3, 0.4) is 0 Å². The third-order valence-electron chi connectivity index (χ3n) is 5.95. The summed E-state index contributed by atoms with van der Waals surface area (Å²) in [6, 6.07) is 6.92. The Kier molecular flexibility index (Phi) is 6.70. The number of ether oxygens (including phenoxy) is 1. The zero-order chi connectivity index (χ0) is 27.2. The highest BCUT2D eigenvalue weighted by Crippen LogP contribution is 2.41. The van der Waals surface area contributed by atoms with Gasteiger partial charge in [0.25, 0.3) is 0 Å². The van der Waals surface area contributed by atoms with E-state index in [9.17, 15) is 14.7 Å². The first-order valence-corrected chi connectivity index (χ1v) is 13.0. The van der Waals surface area contributed by atoms with Crippen molar-refractivity contribution in [2.24, 2.45) is 0 Å². The third-order valence-corrected chi connectivity index (χ3v) is 7.18. The molecule has 5 rings (SSSR count). The number of thiazole rings is 1. The van der Waals surface area contributed by atoms with Crippen molar-refractivity contribution < 1.29 is 23.8 Å². The molecule has 0 unspecified atom stereocenters. The van der Waals surface area contributed by atoms with Crippen molar-refractivity contribution >= 4 is 67.2 Å². The van der Waals surface area contributed by atoms with Crippen molar-refractivity contribution in [1.82, 2.24) is 19.9 Å². The number of nitrogens with zero attached hydrogens (tertiary/aromatic N) is 5. The lowest BCUT2D eigenvalue weighted by Crippen LogP contribution is -2.48. The lowest BCUT2D eigenvalue weighted by molar-refractivity contribution is 0.0636. The number of carbonyl (C=O) groups is 2. The molecule has 1 saturated heterocycles. The summed E-state index contributed by atoms with van der Waals surface area (Å²) in [7, 11) is 0. The molecule has 38 heavy (non-hydrogen) atoms. The average Bonchev–Trinajstić information content (AvgIpc) is 3.25. The van der Waals surface area contributed by atoms with Crippen molar-refractivity contribution in [2.45, 2.75) is 26.4 Å². The number of hydrogen-bond donors (Lipinski definition) is 2. The number of fused-ring (bicyclic) bond motifs is 2. The SMILES string of the molecule is CC(C)(C)OC(=O)Nc1nc2c(-c3c(Cl)cc4c(N5CCN(C(=O)O)CC5)ncnc4c3F)cccc2s1. The highest BCUT2D eigenvalue weighted by atomic mass is 35.5. The van der Waals surface area contributed by atoms with Gasteiger partial charge in [0.05, 0.1) is 15.2 Å². The van der Waals surface area contributed by atoms with E-state index in [1.54, 1.807) is 39.0 Å². The number of anilines is 2. The number of nitrogens with one attached hydrogen (secondary N) is 1. The molecule has 1 aliphatic heterocycles. The van der Waals surface area contributed by atoms with Crippen molar-refractivity contribution in [3.05, 3.63) is 41.4 Å². The van der Waals surface area contributed by atoms with Gasteiger partial charge in [0, 0.05) is 42.7 Å². The van der Waals surface area contributed by atoms with E-state index in [4.69, 9.17) is 16.3 Å². The monoisotopic (exact) mass is 558 g/mol. The van der Waals surface area contributed by atoms with Gasteiger partial charge < -0.3 is 19.6 Å². The fourth-order valence-electron chi connectivity index (χ4n) is 4.32. The first-order valence-electron chi connectivity index (χ1n) is 11.8. The molecule has 2 aromatic heterocycles. The zero-order valence-electron chi connectivity index (χ0n) is 20.8. The molecule has 2 aromatic carbocycles. The highest BCUT2D eigenvalue weighted by Gasteiger charge is 2.26. The maximum absolute atomic E-state index is 16.1. The minimum Gasteiger partial charge on any atom is -0.465 e. The van der Waals surface area contributed by atoms with Gasteiger partial charge in [-0.05, 0) is 32.9 Å². The second-order valence-electron chi connectivity index (χ2n) is 9.70. The van der Waals surface area contributed by atoms with E-state index in [0.29, 0.717) is 53.6 Å². The number of benzene rings is 2. The van der Waals surface area contributed by atoms with E-state index in [-0.39, 0.29) is 16.1 Å². The van der Waals surface area contributed by atoms with Crippen LogP contribution in [0.25, 0.3) is 32.2 Å². The molecule has 4 aromatic rings. The molecule has 10 nitrogen and oxygen atoms in total. The largest absolute Gasteiger partial charge is 0.465 e. The first kappa shape index (κ1) is 25.9. The highest BCUT2D eigenvalue weighted by molar-refractivity contribution is 7.22. The Morgan fingerprint density at radius 3 is 2.58 bits per heavy atom. The Bertz CT molecular complexity index is 1570. The standard InChI is InChI=1S/C25H24ClFN6O4S/c1-25(2,3)37-23(34)31-22-30-19-13(5-4-6-16(19)38-22)17-15(26)11-14-20(18(17)27)28-12-29-21(14)32-7-9-33(10-8-32)24(35)36/h4-6,11-12H,7-10H2,1-3H3,(H,35,36)(H,30,31,34). The summed E-state index contributed by atoms with van der Waals surface area (Å²) in [4.78, 5) is 39.8. The molecule has 1 aliphatic rings. The molecule has 13 heteroatoms. The second kappa shape index (κ2) is 9.84. The molecule has 198 valence electrons. The Hall–Kier alpha value is -3.77. The number of halogens is 2. The maximum atomic E-state index is 16.1. The van der Waals surface area contributed by atoms with Crippen LogP contribution in [0, 0.1) is 5.82 Å². The molecular weight excluding hydrogens is 535 g/mol. The van der Waals surface area contributed by atoms with E-state index in [2.05, 4.69) is 20.3 Å². The van der Waals surface area contributed by atoms with Crippen LogP contribution < -0.4 is 10.2 Å². The Balaban J connectivity index is 1.53. The number of amides is 2. The molecule has 0 radical (unpaired) electrons. The van der Waals surface area contributed by atoms with Crippen molar-refractivity contribution in [3.8, 4) is 11.1 Å². The summed E-state index contributed by atoms with van der Waals surface area (Å²) in [5.74, 6) is -0.134. The van der Waals surface area contributed by atoms with Crippen LogP contribution in [0.1, 0.15) is 20.8 Å². The topological polar surface area (TPSA) is 121 Å². The quantitative estimate of drug-likeness (QED) is 0.321. The van der Waals surface area contributed by atoms with Gasteiger partial charge in [0.1, 0.15) is 23.3 Å². The molecule has 1 fully saturated rings. The van der Waals surface area contributed by atoms with Crippen molar-refractivity contribution in [2.75, 3.05) is 36.4 Å². The van der Waals surface area contributed by atoms with Gasteiger partial charge in [0.15, 0.2) is 10.9 Å². The van der Waals surface area contributed by atoms with E-state index in [1.807, 2.05) is 11.0 Å². The lowest BCUT2D eigenvalue weighted by Gasteiger charge is -2.34. The van der Waals surface area contributed by atoms with Gasteiger partial charge in [-0.2, -0.15) is 0 Å². The molecule has 2 N–H and O–H groups in total. The number of carboxylic acid groups (broad SMARTS) is 1. The van der Waals surface area contributed by atoms with Gasteiger partial charge in [-0.25, -0.2) is 28.9 Å². The van der Waals surface area contributed by atoms with Crippen LogP contribution in [0.15, 0.2) is 30.6 Å². The summed E-state index contributed by atoms with van der Waals surface area (Å²) in [5, 5.41) is 12.7. The van der Waals surface area contributed by atoms with Crippen LogP contribution in [-0.2, 0) is 4.74 Å². The molecule has 0 saturated carbocycles. The molecule has 0 atom stereocenters. The van der Waals surface area contributed by atoms with Gasteiger partial charge in [-0.1, -0.05) is 35.1 Å². The Morgan fingerprint density at radius 2 is 1.89 bits per heavy atom. The molecule has 3 heterocycles. The maximum Gasteiger partial charge on any atom is 0.413 e. The first-order chi connectivity index (χ1) is 18.0. The van der Waals surface area contributed by atoms with Gasteiger partial charge in [-0.3, -0.25) is 5.32 Å². The van der Waals surface area contributed by atoms with Crippen LogP contribution >= 0.6 is 22.9 Å². The smallest absolute Gasteiger partial charge is 0.413 e. The number of para-hydroxylation sites is 1. The van der Waals surface area contributed by atoms with Crippen LogP contribution in [0.4, 0.5) is 24.9 Å². The zero-order valence-corrected chi connectivity index (χ0v) is 22.4. The van der Waals surface area contributed by atoms with Gasteiger partial charge >= 0.3 is 12.2 Å². The number of rotatable bonds is 3. The predicted molar refractivity (Wildman–Crippen MR) is 145 cm³/mol. The van der Waals surface area contributed by atoms with Gasteiger partial charge in [-0.15, -0.1) is 0 Å². The summed E-state index contributed by atoms with van der Waals surface area (Å²) in [6.45, 7) is 6.71. The summed E-state index contributed by atoms with van der Waals surface area (Å²) < 4.78 is 22.1. The predicted octanol–water partition coefficient (Wildman–Crippen LogP) is 5.85. The number of piperazine rings is 1. The summed E-state index contributed by atoms with van der Waals surface area (Å²) in [6.07, 6.45) is -0.327. The normalized spacial score (nSPS) is 14.2. The molecular formula is C25H24ClFN6O4S. The summed E-state index contributed by atoms with van der Waals surface area (Å²) in [5.41, 5.74) is 0.491. The van der Waals surface area contributed by atoms with Crippen LogP contribution in [0.2, 0.25) is 5.02 Å². The fraction of sp³-hybridized carbons (Fsp3) is 0.320. The average molecular weight is 559 g/mol. The van der Waals surface area contributed by atoms with E-state index in [0.717, 1.165) is 4.70 Å². The van der Waals surface area contributed by atoms with Gasteiger partial charge in [0.2, 0.25) is 0 Å². The number of carbonyl (C=O) groups excluding carboxylic acids is 1. The Morgan fingerprint density at radius 1 is 1.16 bits per heavy atom. The molecule has 2 amide bonds. The summed E-state index contributed by atoms with van der Waals surface area (Å²) >= 11 is 7.90. The van der Waals surface area contributed by atoms with E-state index >= 15 is 4.39 Å². The lowest BCUT2D eigenvalue weighted by atomic mass is 10.0. The molecule has 0 spiro atoms.